The molecule has 0 aliphatic heterocycles. The van der Waals surface area contributed by atoms with Crippen molar-refractivity contribution in [3.05, 3.63) is 39.9 Å². The number of rotatable bonds is 9. The highest BCUT2D eigenvalue weighted by Gasteiger charge is 2.32. The first-order valence-corrected chi connectivity index (χ1v) is 10.6. The summed E-state index contributed by atoms with van der Waals surface area (Å²) < 4.78 is 26.7. The quantitative estimate of drug-likeness (QED) is 0.244. The molecule has 2 aromatic rings. The molecule has 1 aromatic heterocycles. The molecule has 0 saturated carbocycles. The van der Waals surface area contributed by atoms with Crippen molar-refractivity contribution in [3.63, 3.8) is 0 Å². The van der Waals surface area contributed by atoms with Crippen LogP contribution >= 0.6 is 0 Å². The lowest BCUT2D eigenvalue weighted by atomic mass is 10.2. The topological polar surface area (TPSA) is 177 Å². The number of nitrogen functional groups attached to an aromatic ring is 1. The molecule has 1 unspecified atom stereocenters. The Balaban J connectivity index is 2.51. The van der Waals surface area contributed by atoms with Gasteiger partial charge in [-0.1, -0.05) is 12.1 Å². The van der Waals surface area contributed by atoms with Crippen LogP contribution in [0.15, 0.2) is 29.4 Å². The fraction of sp³-hybridized carbons (Fsp3) is 0.333. The van der Waals surface area contributed by atoms with Crippen molar-refractivity contribution in [3.8, 4) is 5.75 Å². The first kappa shape index (κ1) is 24.5. The minimum absolute atomic E-state index is 0.0153. The summed E-state index contributed by atoms with van der Waals surface area (Å²) in [6, 6.07) is 6.31. The van der Waals surface area contributed by atoms with Crippen LogP contribution in [0.5, 0.6) is 5.75 Å². The molecular weight excluding hydrogens is 446 g/mol. The second kappa shape index (κ2) is 11.0. The van der Waals surface area contributed by atoms with E-state index in [1.165, 1.54) is 19.4 Å². The summed E-state index contributed by atoms with van der Waals surface area (Å²) in [5.41, 5.74) is 5.43. The maximum Gasteiger partial charge on any atom is 0.415 e. The Bertz CT molecular complexity index is 1050. The Morgan fingerprint density at radius 3 is 2.62 bits per heavy atom. The predicted octanol–water partition coefficient (Wildman–Crippen LogP) is 1.42. The van der Waals surface area contributed by atoms with E-state index in [1.54, 1.807) is 25.1 Å². The summed E-state index contributed by atoms with van der Waals surface area (Å²) in [4.78, 5) is 43.3. The Morgan fingerprint density at radius 1 is 1.31 bits per heavy atom. The smallest absolute Gasteiger partial charge is 0.415 e. The SMILES string of the molecule is CCOC(=O)N(Cc1cccc(OCC(=O)OC)c1)c1nc(S(C)=O)nc(N)c1[N+](=O)[O-]. The summed E-state index contributed by atoms with van der Waals surface area (Å²) >= 11 is 0. The molecule has 2 N–H and O–H groups in total. The van der Waals surface area contributed by atoms with Crippen LogP contribution in [-0.2, 0) is 31.6 Å². The maximum absolute atomic E-state index is 12.7. The lowest BCUT2D eigenvalue weighted by Crippen LogP contribution is -2.33. The van der Waals surface area contributed by atoms with Gasteiger partial charge in [0.15, 0.2) is 6.61 Å². The van der Waals surface area contributed by atoms with E-state index >= 15 is 0 Å². The van der Waals surface area contributed by atoms with E-state index in [4.69, 9.17) is 15.2 Å². The molecule has 172 valence electrons. The molecule has 0 aliphatic carbocycles. The fourth-order valence-electron chi connectivity index (χ4n) is 2.48. The van der Waals surface area contributed by atoms with E-state index in [0.717, 1.165) is 4.90 Å². The van der Waals surface area contributed by atoms with Gasteiger partial charge in [0.05, 0.1) is 36.0 Å². The number of hydrogen-bond acceptors (Lipinski definition) is 11. The van der Waals surface area contributed by atoms with Crippen molar-refractivity contribution < 1.29 is 32.9 Å². The van der Waals surface area contributed by atoms with Crippen LogP contribution < -0.4 is 15.4 Å². The first-order chi connectivity index (χ1) is 15.2. The zero-order chi connectivity index (χ0) is 23.8. The van der Waals surface area contributed by atoms with E-state index in [1.807, 2.05) is 0 Å². The van der Waals surface area contributed by atoms with Crippen LogP contribution in [0.3, 0.4) is 0 Å². The molecule has 0 spiro atoms. The number of ether oxygens (including phenoxy) is 3. The molecule has 2 rings (SSSR count). The number of hydrogen-bond donors (Lipinski definition) is 1. The number of nitro groups is 1. The second-order valence-corrected chi connectivity index (χ2v) is 7.35. The minimum Gasteiger partial charge on any atom is -0.482 e. The normalized spacial score (nSPS) is 11.3. The monoisotopic (exact) mass is 467 g/mol. The van der Waals surface area contributed by atoms with Gasteiger partial charge in [0.1, 0.15) is 5.75 Å². The lowest BCUT2D eigenvalue weighted by Gasteiger charge is -2.21. The third-order valence-electron chi connectivity index (χ3n) is 3.88. The molecule has 0 fully saturated rings. The van der Waals surface area contributed by atoms with Gasteiger partial charge in [0.2, 0.25) is 16.8 Å². The average Bonchev–Trinajstić information content (AvgIpc) is 2.75. The molecule has 14 heteroatoms. The van der Waals surface area contributed by atoms with Crippen molar-refractivity contribution in [2.75, 3.05) is 37.2 Å². The molecular formula is C18H21N5O8S. The van der Waals surface area contributed by atoms with Crippen molar-refractivity contribution in [2.24, 2.45) is 0 Å². The van der Waals surface area contributed by atoms with Gasteiger partial charge in [0, 0.05) is 6.26 Å². The molecule has 1 aromatic carbocycles. The molecule has 0 aliphatic rings. The van der Waals surface area contributed by atoms with Gasteiger partial charge in [0.25, 0.3) is 0 Å². The Hall–Kier alpha value is -3.81. The molecule has 13 nitrogen and oxygen atoms in total. The predicted molar refractivity (Wildman–Crippen MR) is 113 cm³/mol. The Morgan fingerprint density at radius 2 is 2.03 bits per heavy atom. The Kier molecular flexibility index (Phi) is 8.40. The van der Waals surface area contributed by atoms with Gasteiger partial charge in [-0.3, -0.25) is 19.2 Å². The zero-order valence-electron chi connectivity index (χ0n) is 17.5. The summed E-state index contributed by atoms with van der Waals surface area (Å²) in [7, 11) is -0.511. The molecule has 1 amide bonds. The van der Waals surface area contributed by atoms with Crippen LogP contribution in [0.25, 0.3) is 0 Å². The number of methoxy groups -OCH3 is 1. The number of carbonyl (C=O) groups excluding carboxylic acids is 2. The highest BCUT2D eigenvalue weighted by atomic mass is 32.2. The van der Waals surface area contributed by atoms with Gasteiger partial charge in [-0.05, 0) is 24.6 Å². The highest BCUT2D eigenvalue weighted by molar-refractivity contribution is 7.84. The summed E-state index contributed by atoms with van der Waals surface area (Å²) in [5, 5.41) is 11.3. The Labute approximate surface area is 185 Å². The van der Waals surface area contributed by atoms with E-state index in [-0.39, 0.29) is 24.9 Å². The summed E-state index contributed by atoms with van der Waals surface area (Å²) in [6.45, 7) is 0.980. The number of aromatic nitrogens is 2. The van der Waals surface area contributed by atoms with Crippen LogP contribution in [0.2, 0.25) is 0 Å². The van der Waals surface area contributed by atoms with Gasteiger partial charge in [-0.2, -0.15) is 9.97 Å². The van der Waals surface area contributed by atoms with Crippen LogP contribution in [0, 0.1) is 10.1 Å². The first-order valence-electron chi connectivity index (χ1n) is 9.06. The number of nitrogens with zero attached hydrogens (tertiary/aromatic N) is 4. The second-order valence-electron chi connectivity index (χ2n) is 6.07. The van der Waals surface area contributed by atoms with Crippen LogP contribution in [0.4, 0.5) is 22.1 Å². The van der Waals surface area contributed by atoms with E-state index in [0.29, 0.717) is 11.3 Å². The summed E-state index contributed by atoms with van der Waals surface area (Å²) in [5.74, 6) is -1.30. The van der Waals surface area contributed by atoms with Crippen molar-refractivity contribution in [1.82, 2.24) is 9.97 Å². The number of amides is 1. The van der Waals surface area contributed by atoms with E-state index in [2.05, 4.69) is 14.7 Å². The van der Waals surface area contributed by atoms with Crippen LogP contribution in [-0.4, -0.2) is 57.7 Å². The fourth-order valence-corrected chi connectivity index (χ4v) is 2.92. The molecule has 0 bridgehead atoms. The zero-order valence-corrected chi connectivity index (χ0v) is 18.3. The minimum atomic E-state index is -1.73. The molecule has 1 atom stereocenters. The number of anilines is 2. The van der Waals surface area contributed by atoms with Crippen LogP contribution in [0.1, 0.15) is 12.5 Å². The molecule has 0 saturated heterocycles. The number of carbonyl (C=O) groups is 2. The molecule has 0 radical (unpaired) electrons. The summed E-state index contributed by atoms with van der Waals surface area (Å²) in [6.07, 6.45) is 0.323. The molecule has 32 heavy (non-hydrogen) atoms. The third-order valence-corrected chi connectivity index (χ3v) is 4.58. The van der Waals surface area contributed by atoms with Gasteiger partial charge in [-0.25, -0.2) is 9.59 Å². The van der Waals surface area contributed by atoms with Crippen molar-refractivity contribution in [1.29, 1.82) is 0 Å². The van der Waals surface area contributed by atoms with Gasteiger partial charge in [-0.15, -0.1) is 0 Å². The molecule has 1 heterocycles. The third kappa shape index (κ3) is 6.10. The average molecular weight is 467 g/mol. The van der Waals surface area contributed by atoms with E-state index in [9.17, 15) is 23.9 Å². The number of esters is 1. The number of nitrogens with two attached hydrogens (primary N) is 1. The van der Waals surface area contributed by atoms with E-state index < -0.39 is 45.1 Å². The lowest BCUT2D eigenvalue weighted by molar-refractivity contribution is -0.383. The van der Waals surface area contributed by atoms with Gasteiger partial charge >= 0.3 is 17.7 Å². The standard InChI is InChI=1S/C18H21N5O8S/c1-4-30-18(25)22(9-11-6-5-7-12(8-11)31-10-13(24)29-2)16-14(23(26)27)15(19)20-17(21-16)32(3)28/h5-8H,4,9-10H2,1-3H3,(H2,19,20,21). The van der Waals surface area contributed by atoms with Crippen molar-refractivity contribution >= 4 is 40.2 Å². The number of benzene rings is 1. The highest BCUT2D eigenvalue weighted by Crippen LogP contribution is 2.33. The van der Waals surface area contributed by atoms with Crippen molar-refractivity contribution in [2.45, 2.75) is 18.6 Å². The van der Waals surface area contributed by atoms with Gasteiger partial charge < -0.3 is 19.9 Å². The largest absolute Gasteiger partial charge is 0.482 e. The maximum atomic E-state index is 12.7.